The average molecular weight is 769 g/mol. The molecule has 1 aliphatic carbocycles. The molecule has 0 spiro atoms. The first kappa shape index (κ1) is 34.4. The molecule has 9 aromatic carbocycles. The largest absolute Gasteiger partial charge is 0.456 e. The van der Waals surface area contributed by atoms with Gasteiger partial charge in [0.25, 0.3) is 0 Å². The number of fused-ring (bicyclic) bond motifs is 9. The van der Waals surface area contributed by atoms with Crippen LogP contribution in [0.15, 0.2) is 205 Å². The van der Waals surface area contributed by atoms with E-state index in [0.29, 0.717) is 0 Å². The Morgan fingerprint density at radius 1 is 0.367 bits per heavy atom. The number of H-pyrrole nitrogens is 1. The highest BCUT2D eigenvalue weighted by Crippen LogP contribution is 2.51. The summed E-state index contributed by atoms with van der Waals surface area (Å²) in [6.45, 7) is 4.70. The van der Waals surface area contributed by atoms with Gasteiger partial charge >= 0.3 is 0 Å². The fraction of sp³-hybridized carbons (Fsp3) is 0.0526. The lowest BCUT2D eigenvalue weighted by molar-refractivity contribution is 0.660. The van der Waals surface area contributed by atoms with Gasteiger partial charge in [0.15, 0.2) is 0 Å². The van der Waals surface area contributed by atoms with Crippen molar-refractivity contribution in [1.82, 2.24) is 4.98 Å². The van der Waals surface area contributed by atoms with Gasteiger partial charge in [0.2, 0.25) is 0 Å². The monoisotopic (exact) mass is 768 g/mol. The van der Waals surface area contributed by atoms with Crippen LogP contribution in [-0.2, 0) is 5.41 Å². The second-order valence-corrected chi connectivity index (χ2v) is 16.6. The molecule has 11 aromatic rings. The molecule has 0 aliphatic heterocycles. The fourth-order valence-electron chi connectivity index (χ4n) is 9.67. The third kappa shape index (κ3) is 5.43. The van der Waals surface area contributed by atoms with E-state index in [9.17, 15) is 0 Å². The molecule has 284 valence electrons. The van der Waals surface area contributed by atoms with Crippen molar-refractivity contribution in [2.75, 3.05) is 4.90 Å². The van der Waals surface area contributed by atoms with Gasteiger partial charge in [-0.3, -0.25) is 0 Å². The molecule has 2 aromatic heterocycles. The Morgan fingerprint density at radius 2 is 0.867 bits per heavy atom. The molecule has 3 heteroatoms. The molecular formula is C57H40N2O. The summed E-state index contributed by atoms with van der Waals surface area (Å²) in [4.78, 5) is 5.94. The summed E-state index contributed by atoms with van der Waals surface area (Å²) in [5.41, 5.74) is 19.9. The van der Waals surface area contributed by atoms with Gasteiger partial charge in [-0.15, -0.1) is 0 Å². The molecule has 0 fully saturated rings. The molecule has 0 saturated heterocycles. The Bertz CT molecular complexity index is 3440. The molecule has 2 heterocycles. The molecule has 0 saturated carbocycles. The van der Waals surface area contributed by atoms with Crippen molar-refractivity contribution in [2.45, 2.75) is 19.3 Å². The van der Waals surface area contributed by atoms with Gasteiger partial charge in [0, 0.05) is 55.1 Å². The summed E-state index contributed by atoms with van der Waals surface area (Å²) in [6.07, 6.45) is 0. The molecule has 0 radical (unpaired) electrons. The van der Waals surface area contributed by atoms with Crippen LogP contribution >= 0.6 is 0 Å². The van der Waals surface area contributed by atoms with Crippen LogP contribution in [-0.4, -0.2) is 4.98 Å². The van der Waals surface area contributed by atoms with Crippen LogP contribution in [0.3, 0.4) is 0 Å². The Labute approximate surface area is 348 Å². The maximum atomic E-state index is 6.13. The van der Waals surface area contributed by atoms with Crippen molar-refractivity contribution < 1.29 is 4.42 Å². The Hall–Kier alpha value is -7.62. The summed E-state index contributed by atoms with van der Waals surface area (Å²) in [5.74, 6) is 0. The lowest BCUT2D eigenvalue weighted by atomic mass is 9.82. The number of aromatic amines is 1. The van der Waals surface area contributed by atoms with Crippen molar-refractivity contribution in [3.63, 3.8) is 0 Å². The summed E-state index contributed by atoms with van der Waals surface area (Å²) in [5, 5.41) is 4.78. The topological polar surface area (TPSA) is 32.2 Å². The Balaban J connectivity index is 0.900. The van der Waals surface area contributed by atoms with Crippen LogP contribution in [0, 0.1) is 0 Å². The highest BCUT2D eigenvalue weighted by Gasteiger charge is 2.35. The maximum absolute atomic E-state index is 6.13. The zero-order valence-corrected chi connectivity index (χ0v) is 33.4. The fourth-order valence-corrected chi connectivity index (χ4v) is 9.67. The number of rotatable bonds is 6. The molecule has 0 bridgehead atoms. The molecule has 0 amide bonds. The predicted octanol–water partition coefficient (Wildman–Crippen LogP) is 16.0. The number of aromatic nitrogens is 1. The van der Waals surface area contributed by atoms with E-state index < -0.39 is 0 Å². The molecule has 3 nitrogen and oxygen atoms in total. The number of anilines is 3. The molecule has 12 rings (SSSR count). The normalized spacial score (nSPS) is 13.0. The minimum absolute atomic E-state index is 0.107. The summed E-state index contributed by atoms with van der Waals surface area (Å²) in [6, 6.07) is 72.8. The minimum atomic E-state index is -0.107. The second kappa shape index (κ2) is 13.2. The molecule has 1 aliphatic rings. The predicted molar refractivity (Wildman–Crippen MR) is 252 cm³/mol. The van der Waals surface area contributed by atoms with Gasteiger partial charge in [-0.1, -0.05) is 141 Å². The quantitative estimate of drug-likeness (QED) is 0.183. The highest BCUT2D eigenvalue weighted by atomic mass is 16.3. The van der Waals surface area contributed by atoms with Crippen molar-refractivity contribution in [3.05, 3.63) is 211 Å². The number of nitrogens with zero attached hydrogens (tertiary/aromatic N) is 1. The van der Waals surface area contributed by atoms with Crippen molar-refractivity contribution in [1.29, 1.82) is 0 Å². The summed E-state index contributed by atoms with van der Waals surface area (Å²) >= 11 is 0. The van der Waals surface area contributed by atoms with Crippen molar-refractivity contribution in [2.24, 2.45) is 0 Å². The molecule has 60 heavy (non-hydrogen) atoms. The first-order valence-electron chi connectivity index (χ1n) is 20.7. The van der Waals surface area contributed by atoms with Crippen LogP contribution in [0.4, 0.5) is 17.1 Å². The van der Waals surface area contributed by atoms with E-state index in [1.807, 2.05) is 12.1 Å². The third-order valence-corrected chi connectivity index (χ3v) is 12.8. The number of benzene rings is 9. The summed E-state index contributed by atoms with van der Waals surface area (Å²) < 4.78 is 6.13. The highest BCUT2D eigenvalue weighted by molar-refractivity contribution is 6.09. The molecule has 0 atom stereocenters. The van der Waals surface area contributed by atoms with E-state index in [1.54, 1.807) is 0 Å². The van der Waals surface area contributed by atoms with E-state index in [-0.39, 0.29) is 5.41 Å². The maximum Gasteiger partial charge on any atom is 0.135 e. The van der Waals surface area contributed by atoms with E-state index in [4.69, 9.17) is 4.42 Å². The number of furan rings is 1. The van der Waals surface area contributed by atoms with Crippen LogP contribution in [0.25, 0.3) is 88.3 Å². The molecule has 1 N–H and O–H groups in total. The summed E-state index contributed by atoms with van der Waals surface area (Å²) in [7, 11) is 0. The van der Waals surface area contributed by atoms with E-state index in [1.165, 1.54) is 60.8 Å². The van der Waals surface area contributed by atoms with Gasteiger partial charge in [-0.2, -0.15) is 0 Å². The second-order valence-electron chi connectivity index (χ2n) is 16.6. The van der Waals surface area contributed by atoms with E-state index in [0.717, 1.165) is 55.6 Å². The van der Waals surface area contributed by atoms with Gasteiger partial charge in [0.05, 0.1) is 0 Å². The lowest BCUT2D eigenvalue weighted by Crippen LogP contribution is -2.16. The first-order valence-corrected chi connectivity index (χ1v) is 20.7. The number of hydrogen-bond donors (Lipinski definition) is 1. The van der Waals surface area contributed by atoms with Gasteiger partial charge in [-0.25, -0.2) is 0 Å². The van der Waals surface area contributed by atoms with Gasteiger partial charge < -0.3 is 14.3 Å². The Kier molecular flexibility index (Phi) is 7.58. The van der Waals surface area contributed by atoms with Gasteiger partial charge in [0.1, 0.15) is 11.2 Å². The van der Waals surface area contributed by atoms with Crippen molar-refractivity contribution >= 4 is 60.8 Å². The molecular weight excluding hydrogens is 729 g/mol. The smallest absolute Gasteiger partial charge is 0.135 e. The zero-order chi connectivity index (χ0) is 40.0. The average Bonchev–Trinajstić information content (AvgIpc) is 3.94. The van der Waals surface area contributed by atoms with Crippen LogP contribution < -0.4 is 4.90 Å². The number of hydrogen-bond acceptors (Lipinski definition) is 2. The van der Waals surface area contributed by atoms with E-state index >= 15 is 0 Å². The van der Waals surface area contributed by atoms with Crippen LogP contribution in [0.5, 0.6) is 0 Å². The van der Waals surface area contributed by atoms with E-state index in [2.05, 4.69) is 212 Å². The lowest BCUT2D eigenvalue weighted by Gasteiger charge is -2.28. The minimum Gasteiger partial charge on any atom is -0.456 e. The third-order valence-electron chi connectivity index (χ3n) is 12.8. The van der Waals surface area contributed by atoms with Gasteiger partial charge in [-0.05, 0) is 128 Å². The molecule has 0 unspecified atom stereocenters. The SMILES string of the molecule is CC1(C)c2ccccc2-c2ccc(N(c3ccc(-c4ccc(-c5ccc6[nH]c7ccccc7c6c5)cc4)cc3)c3ccc(-c4ccc5oc6ccccc6c5c4)cc3)cc21. The van der Waals surface area contributed by atoms with Crippen molar-refractivity contribution in [3.8, 4) is 44.5 Å². The van der Waals surface area contributed by atoms with Crippen LogP contribution in [0.2, 0.25) is 0 Å². The zero-order valence-electron chi connectivity index (χ0n) is 33.4. The number of para-hydroxylation sites is 2. The first-order chi connectivity index (χ1) is 29.5. The van der Waals surface area contributed by atoms with Crippen LogP contribution in [0.1, 0.15) is 25.0 Å². The standard InChI is InChI=1S/C57H40N2O/c1-57(2)51-12-6-3-9-45(51)46-30-29-44(35-52(46)57)59(43-27-21-39(22-28-43)41-24-32-56-50(34-41)48-11-5-8-14-55(48)60-56)42-25-19-37(20-26-42)36-15-17-38(18-16-36)40-23-31-54-49(33-40)47-10-4-7-13-53(47)58-54/h3-35,58H,1-2H3. The number of nitrogens with one attached hydrogen (secondary N) is 1. The Morgan fingerprint density at radius 3 is 1.60 bits per heavy atom.